The number of ether oxygens (including phenoxy) is 1. The van der Waals surface area contributed by atoms with Gasteiger partial charge < -0.3 is 15.4 Å². The van der Waals surface area contributed by atoms with Crippen molar-refractivity contribution in [3.8, 4) is 0 Å². The molecule has 0 unspecified atom stereocenters. The third-order valence-corrected chi connectivity index (χ3v) is 3.99. The predicted octanol–water partition coefficient (Wildman–Crippen LogP) is 1.18. The molecule has 1 fully saturated rings. The van der Waals surface area contributed by atoms with E-state index in [1.807, 2.05) is 25.1 Å². The SMILES string of the molecule is Cc1nccc(N2CCO[C@H](c3ccc(CCC(N)=O)cn3)C2)n1. The van der Waals surface area contributed by atoms with E-state index in [-0.39, 0.29) is 12.0 Å². The lowest BCUT2D eigenvalue weighted by molar-refractivity contribution is -0.117. The molecule has 24 heavy (non-hydrogen) atoms. The molecule has 3 rings (SSSR count). The molecular formula is C17H21N5O2. The van der Waals surface area contributed by atoms with Crippen LogP contribution >= 0.6 is 0 Å². The molecule has 7 heteroatoms. The third-order valence-electron chi connectivity index (χ3n) is 3.99. The summed E-state index contributed by atoms with van der Waals surface area (Å²) in [4.78, 5) is 26.1. The summed E-state index contributed by atoms with van der Waals surface area (Å²) in [5.74, 6) is 1.37. The monoisotopic (exact) mass is 327 g/mol. The van der Waals surface area contributed by atoms with Crippen molar-refractivity contribution in [3.63, 3.8) is 0 Å². The highest BCUT2D eigenvalue weighted by atomic mass is 16.5. The second kappa shape index (κ2) is 7.35. The highest BCUT2D eigenvalue weighted by Crippen LogP contribution is 2.24. The van der Waals surface area contributed by atoms with Crippen molar-refractivity contribution in [1.29, 1.82) is 0 Å². The lowest BCUT2D eigenvalue weighted by Crippen LogP contribution is -2.39. The number of hydrogen-bond acceptors (Lipinski definition) is 6. The smallest absolute Gasteiger partial charge is 0.217 e. The quantitative estimate of drug-likeness (QED) is 0.886. The number of anilines is 1. The van der Waals surface area contributed by atoms with Gasteiger partial charge >= 0.3 is 0 Å². The second-order valence-electron chi connectivity index (χ2n) is 5.83. The van der Waals surface area contributed by atoms with Gasteiger partial charge in [0.1, 0.15) is 17.7 Å². The van der Waals surface area contributed by atoms with Gasteiger partial charge in [-0.3, -0.25) is 9.78 Å². The van der Waals surface area contributed by atoms with Crippen molar-refractivity contribution < 1.29 is 9.53 Å². The topological polar surface area (TPSA) is 94.2 Å². The normalized spacial score (nSPS) is 17.7. The van der Waals surface area contributed by atoms with Crippen molar-refractivity contribution in [2.45, 2.75) is 25.9 Å². The van der Waals surface area contributed by atoms with Crippen molar-refractivity contribution in [2.24, 2.45) is 5.73 Å². The third kappa shape index (κ3) is 4.05. The van der Waals surface area contributed by atoms with Crippen molar-refractivity contribution in [2.75, 3.05) is 24.6 Å². The number of morpholine rings is 1. The van der Waals surface area contributed by atoms with Crippen LogP contribution in [0.1, 0.15) is 29.6 Å². The molecule has 1 saturated heterocycles. The number of pyridine rings is 1. The van der Waals surface area contributed by atoms with Crippen molar-refractivity contribution in [3.05, 3.63) is 47.7 Å². The molecule has 1 aliphatic rings. The van der Waals surface area contributed by atoms with Crippen LogP contribution in [0.15, 0.2) is 30.6 Å². The van der Waals surface area contributed by atoms with E-state index in [9.17, 15) is 4.79 Å². The molecule has 0 spiro atoms. The Kier molecular flexibility index (Phi) is 5.00. The first-order valence-corrected chi connectivity index (χ1v) is 8.01. The Morgan fingerprint density at radius 1 is 1.38 bits per heavy atom. The highest BCUT2D eigenvalue weighted by molar-refractivity contribution is 5.73. The van der Waals surface area contributed by atoms with E-state index in [0.29, 0.717) is 26.0 Å². The van der Waals surface area contributed by atoms with Gasteiger partial charge in [0.05, 0.1) is 18.8 Å². The van der Waals surface area contributed by atoms with Crippen LogP contribution in [0, 0.1) is 6.92 Å². The largest absolute Gasteiger partial charge is 0.370 e. The fourth-order valence-electron chi connectivity index (χ4n) is 2.70. The Morgan fingerprint density at radius 3 is 2.96 bits per heavy atom. The first kappa shape index (κ1) is 16.3. The van der Waals surface area contributed by atoms with Crippen LogP contribution in [0.2, 0.25) is 0 Å². The standard InChI is InChI=1S/C17H21N5O2/c1-12-19-7-6-17(21-12)22-8-9-24-15(11-22)14-4-2-13(10-20-14)3-5-16(18)23/h2,4,6-7,10,15H,3,5,8-9,11H2,1H3,(H2,18,23)/t15-/m0/s1. The fourth-order valence-corrected chi connectivity index (χ4v) is 2.70. The average Bonchev–Trinajstić information content (AvgIpc) is 2.60. The summed E-state index contributed by atoms with van der Waals surface area (Å²) in [7, 11) is 0. The first-order valence-electron chi connectivity index (χ1n) is 8.01. The van der Waals surface area contributed by atoms with Gasteiger partial charge in [0, 0.05) is 25.4 Å². The summed E-state index contributed by atoms with van der Waals surface area (Å²) in [6.45, 7) is 4.00. The summed E-state index contributed by atoms with van der Waals surface area (Å²) in [5, 5.41) is 0. The van der Waals surface area contributed by atoms with Crippen LogP contribution in [0.4, 0.5) is 5.82 Å². The van der Waals surface area contributed by atoms with E-state index in [2.05, 4.69) is 19.9 Å². The molecule has 2 aromatic heterocycles. The van der Waals surface area contributed by atoms with Gasteiger partial charge in [0.25, 0.3) is 0 Å². The lowest BCUT2D eigenvalue weighted by atomic mass is 10.1. The fraction of sp³-hybridized carbons (Fsp3) is 0.412. The van der Waals surface area contributed by atoms with E-state index in [0.717, 1.165) is 29.4 Å². The van der Waals surface area contributed by atoms with Crippen LogP contribution < -0.4 is 10.6 Å². The van der Waals surface area contributed by atoms with Crippen LogP contribution in [-0.4, -0.2) is 40.6 Å². The Morgan fingerprint density at radius 2 is 2.25 bits per heavy atom. The van der Waals surface area contributed by atoms with Gasteiger partial charge in [-0.1, -0.05) is 6.07 Å². The molecule has 0 radical (unpaired) electrons. The van der Waals surface area contributed by atoms with Crippen LogP contribution in [-0.2, 0) is 16.0 Å². The Bertz CT molecular complexity index is 704. The number of nitrogens with two attached hydrogens (primary N) is 1. The van der Waals surface area contributed by atoms with Crippen LogP contribution in [0.3, 0.4) is 0 Å². The van der Waals surface area contributed by atoms with E-state index in [1.54, 1.807) is 12.4 Å². The Hall–Kier alpha value is -2.54. The summed E-state index contributed by atoms with van der Waals surface area (Å²) in [5.41, 5.74) is 7.05. The molecule has 0 aromatic carbocycles. The summed E-state index contributed by atoms with van der Waals surface area (Å²) in [6.07, 6.45) is 4.41. The van der Waals surface area contributed by atoms with Gasteiger partial charge in [0.2, 0.25) is 5.91 Å². The van der Waals surface area contributed by atoms with E-state index < -0.39 is 0 Å². The zero-order valence-corrected chi connectivity index (χ0v) is 13.7. The summed E-state index contributed by atoms with van der Waals surface area (Å²) in [6, 6.07) is 5.84. The maximum Gasteiger partial charge on any atom is 0.217 e. The van der Waals surface area contributed by atoms with Gasteiger partial charge in [-0.25, -0.2) is 9.97 Å². The minimum atomic E-state index is -0.300. The average molecular weight is 327 g/mol. The maximum atomic E-state index is 10.8. The summed E-state index contributed by atoms with van der Waals surface area (Å²) >= 11 is 0. The van der Waals surface area contributed by atoms with Gasteiger partial charge in [-0.05, 0) is 31.0 Å². The Balaban J connectivity index is 1.67. The number of carbonyl (C=O) groups excluding carboxylic acids is 1. The van der Waals surface area contributed by atoms with E-state index in [1.165, 1.54) is 0 Å². The molecule has 0 saturated carbocycles. The van der Waals surface area contributed by atoms with E-state index >= 15 is 0 Å². The number of rotatable bonds is 5. The van der Waals surface area contributed by atoms with Gasteiger partial charge in [0.15, 0.2) is 0 Å². The molecule has 2 N–H and O–H groups in total. The van der Waals surface area contributed by atoms with Crippen LogP contribution in [0.25, 0.3) is 0 Å². The minimum Gasteiger partial charge on any atom is -0.370 e. The zero-order chi connectivity index (χ0) is 16.9. The maximum absolute atomic E-state index is 10.8. The second-order valence-corrected chi connectivity index (χ2v) is 5.83. The first-order chi connectivity index (χ1) is 11.6. The van der Waals surface area contributed by atoms with Crippen molar-refractivity contribution in [1.82, 2.24) is 15.0 Å². The molecular weight excluding hydrogens is 306 g/mol. The van der Waals surface area contributed by atoms with Crippen molar-refractivity contribution >= 4 is 11.7 Å². The molecule has 126 valence electrons. The molecule has 0 bridgehead atoms. The molecule has 1 amide bonds. The number of carbonyl (C=O) groups is 1. The summed E-state index contributed by atoms with van der Waals surface area (Å²) < 4.78 is 5.86. The predicted molar refractivity (Wildman–Crippen MR) is 89.4 cm³/mol. The molecule has 1 atom stereocenters. The van der Waals surface area contributed by atoms with Gasteiger partial charge in [-0.15, -0.1) is 0 Å². The lowest BCUT2D eigenvalue weighted by Gasteiger charge is -2.33. The molecule has 1 aliphatic heterocycles. The van der Waals surface area contributed by atoms with E-state index in [4.69, 9.17) is 10.5 Å². The highest BCUT2D eigenvalue weighted by Gasteiger charge is 2.24. The molecule has 7 nitrogen and oxygen atoms in total. The number of amides is 1. The zero-order valence-electron chi connectivity index (χ0n) is 13.7. The number of nitrogens with zero attached hydrogens (tertiary/aromatic N) is 4. The number of aromatic nitrogens is 3. The van der Waals surface area contributed by atoms with Gasteiger partial charge in [-0.2, -0.15) is 0 Å². The molecule has 3 heterocycles. The Labute approximate surface area is 140 Å². The number of aryl methyl sites for hydroxylation is 2. The number of hydrogen-bond donors (Lipinski definition) is 1. The molecule has 2 aromatic rings. The molecule has 0 aliphatic carbocycles. The van der Waals surface area contributed by atoms with Crippen LogP contribution in [0.5, 0.6) is 0 Å². The minimum absolute atomic E-state index is 0.0980. The number of primary amides is 1.